The Kier molecular flexibility index (Phi) is 5.26. The summed E-state index contributed by atoms with van der Waals surface area (Å²) < 4.78 is 5.04. The van der Waals surface area contributed by atoms with Gasteiger partial charge in [-0.25, -0.2) is 4.79 Å². The highest BCUT2D eigenvalue weighted by atomic mass is 16.5. The van der Waals surface area contributed by atoms with Crippen LogP contribution in [0.15, 0.2) is 0 Å². The van der Waals surface area contributed by atoms with Crippen molar-refractivity contribution in [2.45, 2.75) is 6.04 Å². The monoisotopic (exact) mass is 288 g/mol. The lowest BCUT2D eigenvalue weighted by atomic mass is 10.2. The van der Waals surface area contributed by atoms with Crippen LogP contribution in [0.3, 0.4) is 0 Å². The first-order valence-corrected chi connectivity index (χ1v) is 5.75. The lowest BCUT2D eigenvalue weighted by molar-refractivity contribution is -0.138. The van der Waals surface area contributed by atoms with Gasteiger partial charge in [0.1, 0.15) is 19.1 Å². The highest BCUT2D eigenvalue weighted by Gasteiger charge is 2.34. The lowest BCUT2D eigenvalue weighted by Crippen LogP contribution is -2.59. The van der Waals surface area contributed by atoms with Crippen molar-refractivity contribution in [2.75, 3.05) is 32.8 Å². The number of ether oxygens (including phenoxy) is 1. The summed E-state index contributed by atoms with van der Waals surface area (Å²) in [7, 11) is 0. The topological polar surface area (TPSA) is 156 Å². The minimum Gasteiger partial charge on any atom is -0.480 e. The summed E-state index contributed by atoms with van der Waals surface area (Å²) in [5.41, 5.74) is 10.1. The summed E-state index contributed by atoms with van der Waals surface area (Å²) in [6.07, 6.45) is 0. The Hall–Kier alpha value is -2.36. The highest BCUT2D eigenvalue weighted by molar-refractivity contribution is 5.90. The van der Waals surface area contributed by atoms with E-state index >= 15 is 0 Å². The maximum absolute atomic E-state index is 12.2. The van der Waals surface area contributed by atoms with E-state index in [1.807, 2.05) is 0 Å². The van der Waals surface area contributed by atoms with E-state index in [9.17, 15) is 19.2 Å². The molecule has 5 N–H and O–H groups in total. The summed E-state index contributed by atoms with van der Waals surface area (Å²) in [4.78, 5) is 46.9. The summed E-state index contributed by atoms with van der Waals surface area (Å²) in [6.45, 7) is -1.08. The zero-order chi connectivity index (χ0) is 15.3. The van der Waals surface area contributed by atoms with E-state index in [1.165, 1.54) is 0 Å². The second-order valence-electron chi connectivity index (χ2n) is 4.19. The minimum absolute atomic E-state index is 0.0708. The van der Waals surface area contributed by atoms with Crippen LogP contribution >= 0.6 is 0 Å². The summed E-state index contributed by atoms with van der Waals surface area (Å²) in [6, 6.07) is -1.79. The Labute approximate surface area is 114 Å². The van der Waals surface area contributed by atoms with Gasteiger partial charge in [0.05, 0.1) is 13.2 Å². The van der Waals surface area contributed by atoms with Gasteiger partial charge < -0.3 is 31.1 Å². The van der Waals surface area contributed by atoms with Gasteiger partial charge in [0.15, 0.2) is 0 Å². The molecule has 0 saturated carbocycles. The number of aliphatic carboxylic acids is 1. The quantitative estimate of drug-likeness (QED) is 0.494. The Balaban J connectivity index is 2.87. The molecule has 1 aliphatic heterocycles. The van der Waals surface area contributed by atoms with E-state index in [1.54, 1.807) is 0 Å². The van der Waals surface area contributed by atoms with Crippen molar-refractivity contribution in [3.8, 4) is 0 Å². The number of primary amides is 2. The van der Waals surface area contributed by atoms with Crippen LogP contribution in [0.5, 0.6) is 0 Å². The molecule has 1 rings (SSSR count). The van der Waals surface area contributed by atoms with E-state index in [0.717, 1.165) is 9.80 Å². The first kappa shape index (κ1) is 15.7. The number of rotatable bonds is 5. The van der Waals surface area contributed by atoms with E-state index in [2.05, 4.69) is 0 Å². The first-order valence-electron chi connectivity index (χ1n) is 5.75. The summed E-state index contributed by atoms with van der Waals surface area (Å²) >= 11 is 0. The summed E-state index contributed by atoms with van der Waals surface area (Å²) in [5, 5.41) is 8.74. The van der Waals surface area contributed by atoms with Crippen LogP contribution in [0.4, 0.5) is 4.79 Å². The van der Waals surface area contributed by atoms with E-state index in [-0.39, 0.29) is 19.8 Å². The molecule has 1 heterocycles. The van der Waals surface area contributed by atoms with Crippen LogP contribution in [-0.4, -0.2) is 77.6 Å². The Morgan fingerprint density at radius 3 is 2.40 bits per heavy atom. The molecule has 1 saturated heterocycles. The average molecular weight is 288 g/mol. The molecule has 10 heteroatoms. The van der Waals surface area contributed by atoms with Crippen molar-refractivity contribution in [1.29, 1.82) is 0 Å². The molecule has 0 spiro atoms. The molecule has 1 fully saturated rings. The van der Waals surface area contributed by atoms with Crippen molar-refractivity contribution in [1.82, 2.24) is 9.80 Å². The van der Waals surface area contributed by atoms with Crippen LogP contribution in [-0.2, 0) is 19.1 Å². The largest absolute Gasteiger partial charge is 0.480 e. The van der Waals surface area contributed by atoms with Crippen molar-refractivity contribution in [3.63, 3.8) is 0 Å². The van der Waals surface area contributed by atoms with Gasteiger partial charge in [-0.15, -0.1) is 0 Å². The Morgan fingerprint density at radius 2 is 1.90 bits per heavy atom. The predicted molar refractivity (Wildman–Crippen MR) is 64.3 cm³/mol. The number of carboxylic acid groups (broad SMARTS) is 1. The smallest absolute Gasteiger partial charge is 0.323 e. The Bertz CT molecular complexity index is 410. The third-order valence-corrected chi connectivity index (χ3v) is 2.65. The number of nitrogens with two attached hydrogens (primary N) is 2. The highest BCUT2D eigenvalue weighted by Crippen LogP contribution is 2.10. The SMILES string of the molecule is NC(=O)CN(CC(=O)O)C(=O)N1CCOCC1C(N)=O. The van der Waals surface area contributed by atoms with Gasteiger partial charge in [-0.1, -0.05) is 0 Å². The van der Waals surface area contributed by atoms with Crippen LogP contribution in [0.25, 0.3) is 0 Å². The molecule has 1 aliphatic rings. The molecule has 112 valence electrons. The number of carbonyl (C=O) groups excluding carboxylic acids is 3. The van der Waals surface area contributed by atoms with Gasteiger partial charge in [-0.3, -0.25) is 14.4 Å². The van der Waals surface area contributed by atoms with Crippen molar-refractivity contribution in [2.24, 2.45) is 11.5 Å². The Morgan fingerprint density at radius 1 is 1.25 bits per heavy atom. The molecule has 0 radical (unpaired) electrons. The van der Waals surface area contributed by atoms with Gasteiger partial charge in [-0.2, -0.15) is 0 Å². The maximum atomic E-state index is 12.2. The molecular formula is C10H16N4O6. The van der Waals surface area contributed by atoms with Gasteiger partial charge in [0.2, 0.25) is 11.8 Å². The fraction of sp³-hybridized carbons (Fsp3) is 0.600. The van der Waals surface area contributed by atoms with Gasteiger partial charge in [0, 0.05) is 6.54 Å². The van der Waals surface area contributed by atoms with Crippen LogP contribution < -0.4 is 11.5 Å². The molecule has 0 aliphatic carbocycles. The van der Waals surface area contributed by atoms with E-state index < -0.39 is 42.9 Å². The number of hydrogen-bond acceptors (Lipinski definition) is 5. The number of carbonyl (C=O) groups is 4. The van der Waals surface area contributed by atoms with Gasteiger partial charge in [-0.05, 0) is 0 Å². The molecule has 0 aromatic carbocycles. The zero-order valence-corrected chi connectivity index (χ0v) is 10.7. The molecular weight excluding hydrogens is 272 g/mol. The number of morpholine rings is 1. The lowest BCUT2D eigenvalue weighted by Gasteiger charge is -2.36. The molecule has 0 aromatic heterocycles. The van der Waals surface area contributed by atoms with E-state index in [0.29, 0.717) is 0 Å². The second kappa shape index (κ2) is 6.70. The second-order valence-corrected chi connectivity index (χ2v) is 4.19. The standard InChI is InChI=1S/C10H16N4O6/c11-7(15)3-13(4-8(16)17)10(19)14-1-2-20-5-6(14)9(12)18/h6H,1-5H2,(H2,11,15)(H2,12,18)(H,16,17). The van der Waals surface area contributed by atoms with Crippen molar-refractivity contribution >= 4 is 23.8 Å². The number of urea groups is 1. The number of hydrogen-bond donors (Lipinski definition) is 3. The molecule has 0 aromatic rings. The van der Waals surface area contributed by atoms with Gasteiger partial charge >= 0.3 is 12.0 Å². The molecule has 4 amide bonds. The number of amides is 4. The normalized spacial score (nSPS) is 18.4. The zero-order valence-electron chi connectivity index (χ0n) is 10.7. The molecule has 1 unspecified atom stereocenters. The van der Waals surface area contributed by atoms with Crippen LogP contribution in [0.1, 0.15) is 0 Å². The van der Waals surface area contributed by atoms with Gasteiger partial charge in [0.25, 0.3) is 0 Å². The third-order valence-electron chi connectivity index (χ3n) is 2.65. The molecule has 10 nitrogen and oxygen atoms in total. The maximum Gasteiger partial charge on any atom is 0.323 e. The molecule has 1 atom stereocenters. The van der Waals surface area contributed by atoms with Crippen molar-refractivity contribution < 1.29 is 29.0 Å². The van der Waals surface area contributed by atoms with Crippen molar-refractivity contribution in [3.05, 3.63) is 0 Å². The number of nitrogens with zero attached hydrogens (tertiary/aromatic N) is 2. The van der Waals surface area contributed by atoms with Crippen LogP contribution in [0, 0.1) is 0 Å². The summed E-state index contributed by atoms with van der Waals surface area (Å²) in [5.74, 6) is -2.93. The minimum atomic E-state index is -1.30. The fourth-order valence-electron chi connectivity index (χ4n) is 1.79. The first-order chi connectivity index (χ1) is 9.32. The number of carboxylic acids is 1. The molecule has 20 heavy (non-hydrogen) atoms. The molecule has 0 bridgehead atoms. The van der Waals surface area contributed by atoms with Crippen LogP contribution in [0.2, 0.25) is 0 Å². The average Bonchev–Trinajstić information content (AvgIpc) is 2.36. The third kappa shape index (κ3) is 4.09. The predicted octanol–water partition coefficient (Wildman–Crippen LogP) is -2.84. The van der Waals surface area contributed by atoms with E-state index in [4.69, 9.17) is 21.3 Å². The fourth-order valence-corrected chi connectivity index (χ4v) is 1.79.